The molecule has 3 heteroatoms. The molecule has 0 bridgehead atoms. The van der Waals surface area contributed by atoms with E-state index in [0.717, 1.165) is 6.42 Å². The average molecular weight is 223 g/mol. The number of unbranched alkanes of at least 4 members (excludes halogenated alkanes) is 3. The third kappa shape index (κ3) is 8.79. The van der Waals surface area contributed by atoms with Gasteiger partial charge in [0, 0.05) is 0 Å². The van der Waals surface area contributed by atoms with Crippen LogP contribution in [0.25, 0.3) is 0 Å². The van der Waals surface area contributed by atoms with Crippen LogP contribution in [-0.4, -0.2) is 29.8 Å². The molecular weight excluding hydrogens is 200 g/mol. The molecule has 0 radical (unpaired) electrons. The van der Waals surface area contributed by atoms with E-state index >= 15 is 0 Å². The molecule has 2 atom stereocenters. The van der Waals surface area contributed by atoms with Gasteiger partial charge in [-0.05, 0) is 13.3 Å². The van der Waals surface area contributed by atoms with Crippen molar-refractivity contribution in [1.82, 2.24) is 0 Å². The second-order valence-electron chi connectivity index (χ2n) is 3.80. The second-order valence-corrected chi connectivity index (χ2v) is 4.11. The van der Waals surface area contributed by atoms with Crippen molar-refractivity contribution in [3.8, 4) is 0 Å². The van der Waals surface area contributed by atoms with Crippen molar-refractivity contribution in [1.29, 1.82) is 0 Å². The molecule has 2 unspecified atom stereocenters. The van der Waals surface area contributed by atoms with Gasteiger partial charge in [-0.15, -0.1) is 11.6 Å². The maximum absolute atomic E-state index is 9.16. The van der Waals surface area contributed by atoms with Crippen LogP contribution in [0.5, 0.6) is 0 Å². The van der Waals surface area contributed by atoms with Gasteiger partial charge in [0.05, 0.1) is 24.7 Å². The Labute approximate surface area is 92.6 Å². The van der Waals surface area contributed by atoms with Gasteiger partial charge in [0.1, 0.15) is 0 Å². The normalized spacial score (nSPS) is 15.4. The van der Waals surface area contributed by atoms with Crippen molar-refractivity contribution >= 4 is 11.6 Å². The van der Waals surface area contributed by atoms with Gasteiger partial charge in [-0.2, -0.15) is 0 Å². The molecule has 2 nitrogen and oxygen atoms in total. The van der Waals surface area contributed by atoms with Gasteiger partial charge in [0.15, 0.2) is 0 Å². The van der Waals surface area contributed by atoms with E-state index in [9.17, 15) is 0 Å². The standard InChI is InChI=1S/C11H23ClO2/c1-3-4-5-6-7-10(2)14-9-11(13)8-12/h10-11,13H,3-9H2,1-2H3. The minimum Gasteiger partial charge on any atom is -0.389 e. The molecule has 1 N–H and O–H groups in total. The van der Waals surface area contributed by atoms with Gasteiger partial charge in [-0.3, -0.25) is 0 Å². The average Bonchev–Trinajstić information content (AvgIpc) is 2.21. The predicted molar refractivity (Wildman–Crippen MR) is 60.9 cm³/mol. The lowest BCUT2D eigenvalue weighted by molar-refractivity contribution is 0.00244. The highest BCUT2D eigenvalue weighted by Crippen LogP contribution is 2.08. The molecule has 0 aliphatic carbocycles. The van der Waals surface area contributed by atoms with E-state index in [2.05, 4.69) is 6.92 Å². The number of rotatable bonds is 9. The Morgan fingerprint density at radius 2 is 2.00 bits per heavy atom. The van der Waals surface area contributed by atoms with Gasteiger partial charge in [-0.25, -0.2) is 0 Å². The first-order valence-corrected chi connectivity index (χ1v) is 6.09. The number of hydrogen-bond donors (Lipinski definition) is 1. The van der Waals surface area contributed by atoms with Gasteiger partial charge >= 0.3 is 0 Å². The van der Waals surface area contributed by atoms with Gasteiger partial charge < -0.3 is 9.84 Å². The van der Waals surface area contributed by atoms with Crippen LogP contribution in [0.2, 0.25) is 0 Å². The summed E-state index contributed by atoms with van der Waals surface area (Å²) in [5.74, 6) is 0.253. The van der Waals surface area contributed by atoms with Crippen LogP contribution in [-0.2, 0) is 4.74 Å². The maximum Gasteiger partial charge on any atom is 0.0908 e. The molecule has 0 saturated heterocycles. The quantitative estimate of drug-likeness (QED) is 0.480. The second kappa shape index (κ2) is 9.75. The molecule has 0 fully saturated rings. The summed E-state index contributed by atoms with van der Waals surface area (Å²) in [6.45, 7) is 4.61. The first-order valence-electron chi connectivity index (χ1n) is 5.56. The summed E-state index contributed by atoms with van der Waals surface area (Å²) in [7, 11) is 0. The molecule has 0 aliphatic rings. The Hall–Kier alpha value is 0.210. The fourth-order valence-electron chi connectivity index (χ4n) is 1.26. The lowest BCUT2D eigenvalue weighted by Gasteiger charge is -2.14. The van der Waals surface area contributed by atoms with Crippen LogP contribution in [0, 0.1) is 0 Å². The van der Waals surface area contributed by atoms with Crippen molar-refractivity contribution in [3.05, 3.63) is 0 Å². The molecule has 0 aliphatic heterocycles. The van der Waals surface area contributed by atoms with Gasteiger partial charge in [0.25, 0.3) is 0 Å². The Balaban J connectivity index is 3.23. The van der Waals surface area contributed by atoms with E-state index in [4.69, 9.17) is 21.4 Å². The highest BCUT2D eigenvalue weighted by atomic mass is 35.5. The Bertz CT molecular complexity index is 120. The van der Waals surface area contributed by atoms with E-state index in [1.807, 2.05) is 6.92 Å². The Morgan fingerprint density at radius 1 is 1.29 bits per heavy atom. The van der Waals surface area contributed by atoms with Crippen molar-refractivity contribution in [2.45, 2.75) is 58.2 Å². The number of hydrogen-bond acceptors (Lipinski definition) is 2. The summed E-state index contributed by atoms with van der Waals surface area (Å²) < 4.78 is 5.44. The third-order valence-electron chi connectivity index (χ3n) is 2.22. The van der Waals surface area contributed by atoms with Gasteiger partial charge in [0.2, 0.25) is 0 Å². The molecule has 0 saturated carbocycles. The van der Waals surface area contributed by atoms with Crippen molar-refractivity contribution < 1.29 is 9.84 Å². The van der Waals surface area contributed by atoms with Gasteiger partial charge in [-0.1, -0.05) is 32.6 Å². The molecule has 0 aromatic heterocycles. The number of aliphatic hydroxyl groups excluding tert-OH is 1. The lowest BCUT2D eigenvalue weighted by Crippen LogP contribution is -2.21. The number of aliphatic hydroxyl groups is 1. The topological polar surface area (TPSA) is 29.5 Å². The van der Waals surface area contributed by atoms with Crippen LogP contribution in [0.4, 0.5) is 0 Å². The van der Waals surface area contributed by atoms with Crippen LogP contribution >= 0.6 is 11.6 Å². The first kappa shape index (κ1) is 14.2. The molecule has 0 aromatic carbocycles. The van der Waals surface area contributed by atoms with Crippen LogP contribution in [0.15, 0.2) is 0 Å². The van der Waals surface area contributed by atoms with Crippen molar-refractivity contribution in [2.75, 3.05) is 12.5 Å². The summed E-state index contributed by atoms with van der Waals surface area (Å²) in [6, 6.07) is 0. The molecule has 0 aromatic rings. The van der Waals surface area contributed by atoms with Crippen LogP contribution in [0.1, 0.15) is 46.0 Å². The smallest absolute Gasteiger partial charge is 0.0908 e. The molecule has 14 heavy (non-hydrogen) atoms. The van der Waals surface area contributed by atoms with Crippen molar-refractivity contribution in [3.63, 3.8) is 0 Å². The van der Waals surface area contributed by atoms with E-state index in [0.29, 0.717) is 6.61 Å². The third-order valence-corrected chi connectivity index (χ3v) is 2.57. The molecule has 0 spiro atoms. The fraction of sp³-hybridized carbons (Fsp3) is 1.00. The van der Waals surface area contributed by atoms with Crippen LogP contribution < -0.4 is 0 Å². The highest BCUT2D eigenvalue weighted by molar-refractivity contribution is 6.18. The van der Waals surface area contributed by atoms with E-state index in [-0.39, 0.29) is 12.0 Å². The number of alkyl halides is 1. The molecule has 86 valence electrons. The molecule has 0 heterocycles. The summed E-state index contributed by atoms with van der Waals surface area (Å²) in [6.07, 6.45) is 5.86. The van der Waals surface area contributed by atoms with E-state index < -0.39 is 6.10 Å². The molecule has 0 amide bonds. The Kier molecular flexibility index (Phi) is 9.90. The Morgan fingerprint density at radius 3 is 2.57 bits per heavy atom. The van der Waals surface area contributed by atoms with Crippen LogP contribution in [0.3, 0.4) is 0 Å². The molecule has 0 rings (SSSR count). The zero-order valence-electron chi connectivity index (χ0n) is 9.34. The summed E-state index contributed by atoms with van der Waals surface area (Å²) in [5.41, 5.74) is 0. The number of halogens is 1. The SMILES string of the molecule is CCCCCCC(C)OCC(O)CCl. The summed E-state index contributed by atoms with van der Waals surface area (Å²) >= 11 is 5.45. The minimum atomic E-state index is -0.519. The van der Waals surface area contributed by atoms with E-state index in [1.54, 1.807) is 0 Å². The predicted octanol–water partition coefficient (Wildman–Crippen LogP) is 2.96. The monoisotopic (exact) mass is 222 g/mol. The largest absolute Gasteiger partial charge is 0.389 e. The maximum atomic E-state index is 9.16. The first-order chi connectivity index (χ1) is 6.70. The zero-order chi connectivity index (χ0) is 10.8. The summed E-state index contributed by atoms with van der Waals surface area (Å²) in [4.78, 5) is 0. The molecular formula is C11H23ClO2. The highest BCUT2D eigenvalue weighted by Gasteiger charge is 2.06. The van der Waals surface area contributed by atoms with E-state index in [1.165, 1.54) is 25.7 Å². The number of ether oxygens (including phenoxy) is 1. The minimum absolute atomic E-state index is 0.240. The fourth-order valence-corrected chi connectivity index (χ4v) is 1.35. The summed E-state index contributed by atoms with van der Waals surface area (Å²) in [5, 5.41) is 9.16. The zero-order valence-corrected chi connectivity index (χ0v) is 10.1. The lowest BCUT2D eigenvalue weighted by atomic mass is 10.1. The van der Waals surface area contributed by atoms with Crippen molar-refractivity contribution in [2.24, 2.45) is 0 Å².